The normalized spacial score (nSPS) is 12.2. The number of hydrogen-bond donors (Lipinski definition) is 0. The molecule has 0 aliphatic carbocycles. The Balaban J connectivity index is 0. The van der Waals surface area contributed by atoms with Crippen LogP contribution in [0.25, 0.3) is 5.57 Å². The van der Waals surface area contributed by atoms with E-state index in [0.29, 0.717) is 0 Å². The Morgan fingerprint density at radius 2 is 1.43 bits per heavy atom. The monoisotopic (exact) mass is 312 g/mol. The first kappa shape index (κ1) is 23.4. The third kappa shape index (κ3) is 6.86. The fourth-order valence-electron chi connectivity index (χ4n) is 2.25. The highest BCUT2D eigenvalue weighted by atomic mass is 14.2. The van der Waals surface area contributed by atoms with Crippen LogP contribution in [-0.2, 0) is 0 Å². The Morgan fingerprint density at radius 1 is 0.913 bits per heavy atom. The van der Waals surface area contributed by atoms with Crippen LogP contribution in [0.3, 0.4) is 0 Å². The molecule has 0 heterocycles. The minimum atomic E-state index is 1.21. The maximum Gasteiger partial charge on any atom is -0.00805 e. The third-order valence-corrected chi connectivity index (χ3v) is 3.53. The molecule has 0 N–H and O–H groups in total. The second-order valence-corrected chi connectivity index (χ2v) is 4.75. The lowest BCUT2D eigenvalue weighted by molar-refractivity contribution is 1.33. The van der Waals surface area contributed by atoms with Crippen LogP contribution in [-0.4, -0.2) is 0 Å². The second kappa shape index (κ2) is 13.8. The number of allylic oxidation sites excluding steroid dienone is 7. The predicted octanol–water partition coefficient (Wildman–Crippen LogP) is 7.92. The largest absolute Gasteiger partial charge is 0.0988 e. The van der Waals surface area contributed by atoms with Gasteiger partial charge in [-0.3, -0.25) is 0 Å². The lowest BCUT2D eigenvalue weighted by Gasteiger charge is -2.17. The first-order chi connectivity index (χ1) is 11.1. The summed E-state index contributed by atoms with van der Waals surface area (Å²) in [4.78, 5) is 0. The van der Waals surface area contributed by atoms with E-state index < -0.39 is 0 Å². The molecule has 0 nitrogen and oxygen atoms in total. The lowest BCUT2D eigenvalue weighted by Crippen LogP contribution is -1.97. The zero-order valence-corrected chi connectivity index (χ0v) is 16.7. The molecule has 1 aromatic carbocycles. The number of hydrogen-bond acceptors (Lipinski definition) is 0. The molecule has 0 atom stereocenters. The highest BCUT2D eigenvalue weighted by molar-refractivity contribution is 5.87. The van der Waals surface area contributed by atoms with Gasteiger partial charge in [0.1, 0.15) is 0 Å². The van der Waals surface area contributed by atoms with E-state index in [1.807, 2.05) is 33.8 Å². The Morgan fingerprint density at radius 3 is 1.83 bits per heavy atom. The van der Waals surface area contributed by atoms with Crippen molar-refractivity contribution in [2.45, 2.75) is 62.3 Å². The van der Waals surface area contributed by atoms with Crippen LogP contribution in [0.5, 0.6) is 0 Å². The summed E-state index contributed by atoms with van der Waals surface area (Å²) in [6, 6.07) is 8.52. The molecule has 1 aromatic rings. The van der Waals surface area contributed by atoms with Crippen molar-refractivity contribution in [3.8, 4) is 0 Å². The molecule has 0 fully saturated rings. The van der Waals surface area contributed by atoms with E-state index in [1.165, 1.54) is 33.4 Å². The van der Waals surface area contributed by atoms with Crippen LogP contribution in [0.1, 0.15) is 66.5 Å². The molecule has 0 unspecified atom stereocenters. The summed E-state index contributed by atoms with van der Waals surface area (Å²) < 4.78 is 0. The molecule has 0 amide bonds. The van der Waals surface area contributed by atoms with Crippen molar-refractivity contribution in [3.63, 3.8) is 0 Å². The maximum atomic E-state index is 3.93. The van der Waals surface area contributed by atoms with Crippen LogP contribution in [0.4, 0.5) is 0 Å². The summed E-state index contributed by atoms with van der Waals surface area (Å²) >= 11 is 0. The molecule has 0 spiro atoms. The fraction of sp³-hybridized carbons (Fsp3) is 0.391. The van der Waals surface area contributed by atoms with Gasteiger partial charge in [0.25, 0.3) is 0 Å². The Kier molecular flexibility index (Phi) is 14.1. The van der Waals surface area contributed by atoms with E-state index in [2.05, 4.69) is 77.6 Å². The van der Waals surface area contributed by atoms with Crippen LogP contribution in [0, 0.1) is 6.92 Å². The van der Waals surface area contributed by atoms with Gasteiger partial charge in [0.2, 0.25) is 0 Å². The summed E-state index contributed by atoms with van der Waals surface area (Å²) in [6.45, 7) is 22.5. The first-order valence-electron chi connectivity index (χ1n) is 8.76. The third-order valence-electron chi connectivity index (χ3n) is 3.53. The second-order valence-electron chi connectivity index (χ2n) is 4.75. The minimum absolute atomic E-state index is 1.21. The van der Waals surface area contributed by atoms with Gasteiger partial charge in [-0.25, -0.2) is 0 Å². The number of rotatable bonds is 4. The van der Waals surface area contributed by atoms with Gasteiger partial charge in [-0.05, 0) is 68.0 Å². The van der Waals surface area contributed by atoms with Crippen LogP contribution >= 0.6 is 0 Å². The highest BCUT2D eigenvalue weighted by Crippen LogP contribution is 2.33. The summed E-state index contributed by atoms with van der Waals surface area (Å²) in [6.07, 6.45) is 6.28. The topological polar surface area (TPSA) is 0 Å². The summed E-state index contributed by atoms with van der Waals surface area (Å²) in [5.41, 5.74) is 7.65. The van der Waals surface area contributed by atoms with Gasteiger partial charge in [0.15, 0.2) is 0 Å². The molecule has 0 aliphatic rings. The van der Waals surface area contributed by atoms with E-state index in [9.17, 15) is 0 Å². The van der Waals surface area contributed by atoms with Gasteiger partial charge in [0, 0.05) is 0 Å². The zero-order valence-electron chi connectivity index (χ0n) is 16.7. The molecular weight excluding hydrogens is 276 g/mol. The molecular formula is C23H36. The average molecular weight is 313 g/mol. The molecule has 128 valence electrons. The Bertz CT molecular complexity index is 551. The molecule has 0 aliphatic heterocycles. The van der Waals surface area contributed by atoms with Crippen LogP contribution in [0.15, 0.2) is 65.8 Å². The Labute approximate surface area is 145 Å². The van der Waals surface area contributed by atoms with Crippen LogP contribution in [0.2, 0.25) is 0 Å². The molecule has 0 heteroatoms. The van der Waals surface area contributed by atoms with Gasteiger partial charge in [0.05, 0.1) is 0 Å². The number of benzene rings is 1. The van der Waals surface area contributed by atoms with Crippen molar-refractivity contribution in [1.82, 2.24) is 0 Å². The maximum absolute atomic E-state index is 3.93. The van der Waals surface area contributed by atoms with E-state index in [1.54, 1.807) is 0 Å². The van der Waals surface area contributed by atoms with E-state index in [-0.39, 0.29) is 0 Å². The van der Waals surface area contributed by atoms with Crippen LogP contribution < -0.4 is 0 Å². The van der Waals surface area contributed by atoms with Crippen molar-refractivity contribution < 1.29 is 0 Å². The van der Waals surface area contributed by atoms with Crippen molar-refractivity contribution in [2.75, 3.05) is 0 Å². The van der Waals surface area contributed by atoms with Gasteiger partial charge >= 0.3 is 0 Å². The van der Waals surface area contributed by atoms with Gasteiger partial charge in [-0.1, -0.05) is 76.8 Å². The fourth-order valence-corrected chi connectivity index (χ4v) is 2.25. The van der Waals surface area contributed by atoms with E-state index in [0.717, 1.165) is 0 Å². The lowest BCUT2D eigenvalue weighted by atomic mass is 9.87. The quantitative estimate of drug-likeness (QED) is 0.495. The standard InChI is InChI=1S/C19H24.2C2H6/c1-7-14(4)17(9-3)19(15(5)8-2)18-13-11-10-12-16(18)6;2*1-2/h7-13H,2H2,1,3-6H3;2*1-2H3/b14-7-,17-9+,19-15-;;. The molecule has 0 aromatic heterocycles. The SMILES string of the molecule is C=C/C(C)=C(C(=C/C)/C(C)=C\C)\c1ccccc1C.CC.CC. The van der Waals surface area contributed by atoms with Gasteiger partial charge in [-0.15, -0.1) is 0 Å². The predicted molar refractivity (Wildman–Crippen MR) is 110 cm³/mol. The summed E-state index contributed by atoms with van der Waals surface area (Å²) in [7, 11) is 0. The van der Waals surface area contributed by atoms with E-state index in [4.69, 9.17) is 0 Å². The van der Waals surface area contributed by atoms with Crippen molar-refractivity contribution >= 4 is 5.57 Å². The van der Waals surface area contributed by atoms with Crippen molar-refractivity contribution in [1.29, 1.82) is 0 Å². The molecule has 0 saturated carbocycles. The van der Waals surface area contributed by atoms with Crippen molar-refractivity contribution in [2.24, 2.45) is 0 Å². The Hall–Kier alpha value is -1.82. The smallest absolute Gasteiger partial charge is 0.00805 e. The highest BCUT2D eigenvalue weighted by Gasteiger charge is 2.12. The first-order valence-corrected chi connectivity index (χ1v) is 8.76. The molecule has 0 bridgehead atoms. The van der Waals surface area contributed by atoms with Gasteiger partial charge in [-0.2, -0.15) is 0 Å². The molecule has 23 heavy (non-hydrogen) atoms. The summed E-state index contributed by atoms with van der Waals surface area (Å²) in [5.74, 6) is 0. The van der Waals surface area contributed by atoms with Gasteiger partial charge < -0.3 is 0 Å². The van der Waals surface area contributed by atoms with Crippen molar-refractivity contribution in [3.05, 3.63) is 76.9 Å². The summed E-state index contributed by atoms with van der Waals surface area (Å²) in [5, 5.41) is 0. The average Bonchev–Trinajstić information content (AvgIpc) is 2.62. The molecule has 0 saturated heterocycles. The molecule has 1 rings (SSSR count). The number of aryl methyl sites for hydroxylation is 1. The van der Waals surface area contributed by atoms with E-state index >= 15 is 0 Å². The zero-order chi connectivity index (χ0) is 18.4. The minimum Gasteiger partial charge on any atom is -0.0988 e. The molecule has 0 radical (unpaired) electrons.